The van der Waals surface area contributed by atoms with E-state index in [1.54, 1.807) is 30.3 Å². The first-order chi connectivity index (χ1) is 9.70. The Labute approximate surface area is 121 Å². The lowest BCUT2D eigenvalue weighted by molar-refractivity contribution is 0.0505. The van der Waals surface area contributed by atoms with Gasteiger partial charge >= 0.3 is 5.97 Å². The smallest absolute Gasteiger partial charge is 0.338 e. The van der Waals surface area contributed by atoms with Gasteiger partial charge in [-0.15, -0.1) is 11.3 Å². The van der Waals surface area contributed by atoms with E-state index < -0.39 is 0 Å². The second kappa shape index (κ2) is 6.86. The van der Waals surface area contributed by atoms with Crippen molar-refractivity contribution >= 4 is 28.9 Å². The maximum Gasteiger partial charge on any atom is 0.338 e. The molecule has 1 N–H and O–H groups in total. The molecule has 0 saturated carbocycles. The predicted molar refractivity (Wildman–Crippen MR) is 79.3 cm³/mol. The van der Waals surface area contributed by atoms with Crippen LogP contribution >= 0.6 is 11.3 Å². The molecule has 104 valence electrons. The first-order valence-corrected chi connectivity index (χ1v) is 7.20. The molecule has 1 heterocycles. The van der Waals surface area contributed by atoms with E-state index in [2.05, 4.69) is 5.32 Å². The van der Waals surface area contributed by atoms with Crippen molar-refractivity contribution in [3.8, 4) is 0 Å². The van der Waals surface area contributed by atoms with E-state index in [0.29, 0.717) is 22.7 Å². The van der Waals surface area contributed by atoms with Gasteiger partial charge < -0.3 is 10.1 Å². The summed E-state index contributed by atoms with van der Waals surface area (Å²) >= 11 is 1.38. The third kappa shape index (κ3) is 3.68. The predicted octanol–water partition coefficient (Wildman–Crippen LogP) is 3.57. The molecule has 0 atom stereocenters. The molecule has 1 aromatic carbocycles. The summed E-state index contributed by atoms with van der Waals surface area (Å²) in [6.07, 6.45) is 0.792. The number of rotatable bonds is 5. The number of ether oxygens (including phenoxy) is 1. The molecule has 2 aromatic rings. The SMILES string of the molecule is CCCOC(=O)c1ccc(NC(=O)c2cccs2)cc1. The van der Waals surface area contributed by atoms with Gasteiger partial charge in [0.25, 0.3) is 5.91 Å². The molecule has 0 bridgehead atoms. The lowest BCUT2D eigenvalue weighted by Gasteiger charge is -2.06. The van der Waals surface area contributed by atoms with Crippen LogP contribution in [0.15, 0.2) is 41.8 Å². The van der Waals surface area contributed by atoms with Gasteiger partial charge in [0, 0.05) is 5.69 Å². The first kappa shape index (κ1) is 14.3. The summed E-state index contributed by atoms with van der Waals surface area (Å²) in [6.45, 7) is 2.35. The van der Waals surface area contributed by atoms with Crippen LogP contribution in [0.1, 0.15) is 33.4 Å². The van der Waals surface area contributed by atoms with Crippen molar-refractivity contribution in [1.82, 2.24) is 0 Å². The molecule has 0 saturated heterocycles. The summed E-state index contributed by atoms with van der Waals surface area (Å²) in [7, 11) is 0. The van der Waals surface area contributed by atoms with Gasteiger partial charge in [-0.3, -0.25) is 4.79 Å². The fraction of sp³-hybridized carbons (Fsp3) is 0.200. The Morgan fingerprint density at radius 1 is 1.20 bits per heavy atom. The van der Waals surface area contributed by atoms with E-state index in [-0.39, 0.29) is 11.9 Å². The fourth-order valence-corrected chi connectivity index (χ4v) is 2.19. The van der Waals surface area contributed by atoms with Crippen molar-refractivity contribution in [2.45, 2.75) is 13.3 Å². The normalized spacial score (nSPS) is 10.1. The number of esters is 1. The highest BCUT2D eigenvalue weighted by atomic mass is 32.1. The van der Waals surface area contributed by atoms with Crippen LogP contribution in [-0.4, -0.2) is 18.5 Å². The van der Waals surface area contributed by atoms with E-state index in [1.165, 1.54) is 11.3 Å². The average molecular weight is 289 g/mol. The van der Waals surface area contributed by atoms with Crippen LogP contribution in [0.5, 0.6) is 0 Å². The van der Waals surface area contributed by atoms with Crippen LogP contribution in [0.4, 0.5) is 5.69 Å². The van der Waals surface area contributed by atoms with Gasteiger partial charge in [0.2, 0.25) is 0 Å². The number of hydrogen-bond acceptors (Lipinski definition) is 4. The molecule has 0 fully saturated rings. The number of hydrogen-bond donors (Lipinski definition) is 1. The van der Waals surface area contributed by atoms with Crippen LogP contribution in [0.25, 0.3) is 0 Å². The topological polar surface area (TPSA) is 55.4 Å². The number of carbonyl (C=O) groups excluding carboxylic acids is 2. The third-order valence-corrected chi connectivity index (χ3v) is 3.43. The number of carbonyl (C=O) groups is 2. The standard InChI is InChI=1S/C15H15NO3S/c1-2-9-19-15(18)11-5-7-12(8-6-11)16-14(17)13-4-3-10-20-13/h3-8,10H,2,9H2,1H3,(H,16,17). The van der Waals surface area contributed by atoms with E-state index in [4.69, 9.17) is 4.74 Å². The Morgan fingerprint density at radius 2 is 1.95 bits per heavy atom. The van der Waals surface area contributed by atoms with Crippen molar-refractivity contribution in [2.24, 2.45) is 0 Å². The van der Waals surface area contributed by atoms with Crippen molar-refractivity contribution in [1.29, 1.82) is 0 Å². The maximum absolute atomic E-state index is 11.8. The minimum absolute atomic E-state index is 0.152. The quantitative estimate of drug-likeness (QED) is 0.856. The van der Waals surface area contributed by atoms with E-state index in [0.717, 1.165) is 6.42 Å². The van der Waals surface area contributed by atoms with Gasteiger partial charge in [-0.2, -0.15) is 0 Å². The van der Waals surface area contributed by atoms with Crippen LogP contribution in [0.3, 0.4) is 0 Å². The summed E-state index contributed by atoms with van der Waals surface area (Å²) in [5.74, 6) is -0.496. The number of benzene rings is 1. The molecule has 0 unspecified atom stereocenters. The maximum atomic E-state index is 11.8. The molecule has 1 aromatic heterocycles. The summed E-state index contributed by atoms with van der Waals surface area (Å²) in [4.78, 5) is 24.1. The molecule has 0 radical (unpaired) electrons. The zero-order valence-corrected chi connectivity index (χ0v) is 11.9. The molecule has 0 aliphatic heterocycles. The van der Waals surface area contributed by atoms with E-state index in [1.807, 2.05) is 18.4 Å². The summed E-state index contributed by atoms with van der Waals surface area (Å²) in [5.41, 5.74) is 1.13. The Morgan fingerprint density at radius 3 is 2.55 bits per heavy atom. The lowest BCUT2D eigenvalue weighted by Crippen LogP contribution is -2.10. The van der Waals surface area contributed by atoms with Gasteiger partial charge in [0.1, 0.15) is 0 Å². The molecule has 0 aliphatic carbocycles. The van der Waals surface area contributed by atoms with E-state index >= 15 is 0 Å². The monoisotopic (exact) mass is 289 g/mol. The zero-order valence-electron chi connectivity index (χ0n) is 11.1. The molecule has 4 nitrogen and oxygen atoms in total. The summed E-state index contributed by atoms with van der Waals surface area (Å²) in [6, 6.07) is 10.2. The van der Waals surface area contributed by atoms with Gasteiger partial charge in [0.05, 0.1) is 17.0 Å². The number of amides is 1. The van der Waals surface area contributed by atoms with Crippen molar-refractivity contribution in [3.63, 3.8) is 0 Å². The fourth-order valence-electron chi connectivity index (χ4n) is 1.57. The van der Waals surface area contributed by atoms with E-state index in [9.17, 15) is 9.59 Å². The number of anilines is 1. The van der Waals surface area contributed by atoms with Crippen LogP contribution in [0.2, 0.25) is 0 Å². The van der Waals surface area contributed by atoms with Gasteiger partial charge in [0.15, 0.2) is 0 Å². The van der Waals surface area contributed by atoms with Gasteiger partial charge in [-0.1, -0.05) is 13.0 Å². The Kier molecular flexibility index (Phi) is 4.90. The second-order valence-corrected chi connectivity index (χ2v) is 5.09. The number of thiophene rings is 1. The molecule has 2 rings (SSSR count). The zero-order chi connectivity index (χ0) is 14.4. The molecular weight excluding hydrogens is 274 g/mol. The minimum atomic E-state index is -0.344. The Bertz CT molecular complexity index is 576. The van der Waals surface area contributed by atoms with Crippen molar-refractivity contribution < 1.29 is 14.3 Å². The van der Waals surface area contributed by atoms with Crippen molar-refractivity contribution in [3.05, 3.63) is 52.2 Å². The van der Waals surface area contributed by atoms with Crippen LogP contribution in [0, 0.1) is 0 Å². The minimum Gasteiger partial charge on any atom is -0.462 e. The molecule has 1 amide bonds. The Hall–Kier alpha value is -2.14. The molecule has 0 aliphatic rings. The molecule has 20 heavy (non-hydrogen) atoms. The van der Waals surface area contributed by atoms with Crippen LogP contribution in [-0.2, 0) is 4.74 Å². The molecular formula is C15H15NO3S. The summed E-state index contributed by atoms with van der Waals surface area (Å²) < 4.78 is 5.03. The number of nitrogens with one attached hydrogen (secondary N) is 1. The average Bonchev–Trinajstić information content (AvgIpc) is 3.00. The van der Waals surface area contributed by atoms with Gasteiger partial charge in [-0.25, -0.2) is 4.79 Å². The highest BCUT2D eigenvalue weighted by Crippen LogP contribution is 2.14. The summed E-state index contributed by atoms with van der Waals surface area (Å²) in [5, 5.41) is 4.62. The second-order valence-electron chi connectivity index (χ2n) is 4.14. The highest BCUT2D eigenvalue weighted by molar-refractivity contribution is 7.12. The molecule has 0 spiro atoms. The van der Waals surface area contributed by atoms with Crippen LogP contribution < -0.4 is 5.32 Å². The van der Waals surface area contributed by atoms with Crippen molar-refractivity contribution in [2.75, 3.05) is 11.9 Å². The molecule has 5 heteroatoms. The Balaban J connectivity index is 1.98. The highest BCUT2D eigenvalue weighted by Gasteiger charge is 2.09. The van der Waals surface area contributed by atoms with Gasteiger partial charge in [-0.05, 0) is 42.1 Å². The third-order valence-electron chi connectivity index (χ3n) is 2.56. The first-order valence-electron chi connectivity index (χ1n) is 6.32. The largest absolute Gasteiger partial charge is 0.462 e. The lowest BCUT2D eigenvalue weighted by atomic mass is 10.2.